The van der Waals surface area contributed by atoms with Crippen LogP contribution in [0.4, 0.5) is 4.79 Å². The van der Waals surface area contributed by atoms with Crippen molar-refractivity contribution in [2.24, 2.45) is 5.92 Å². The summed E-state index contributed by atoms with van der Waals surface area (Å²) < 4.78 is 10.7. The average molecular weight is 333 g/mol. The summed E-state index contributed by atoms with van der Waals surface area (Å²) in [5.74, 6) is 6.84. The van der Waals surface area contributed by atoms with Crippen molar-refractivity contribution >= 4 is 6.09 Å². The molecule has 0 aliphatic heterocycles. The smallest absolute Gasteiger partial charge is 0.408 e. The number of amides is 1. The van der Waals surface area contributed by atoms with Crippen molar-refractivity contribution in [2.45, 2.75) is 46.3 Å². The zero-order chi connectivity index (χ0) is 18.2. The summed E-state index contributed by atoms with van der Waals surface area (Å²) in [5.41, 5.74) is 0.159. The first kappa shape index (κ1) is 19.9. The van der Waals surface area contributed by atoms with Gasteiger partial charge in [-0.3, -0.25) is 0 Å². The Morgan fingerprint density at radius 2 is 1.96 bits per heavy atom. The van der Waals surface area contributed by atoms with Gasteiger partial charge in [0.25, 0.3) is 0 Å². The first-order chi connectivity index (χ1) is 11.2. The molecule has 132 valence electrons. The van der Waals surface area contributed by atoms with Crippen LogP contribution >= 0.6 is 0 Å². The summed E-state index contributed by atoms with van der Waals surface area (Å²) in [5, 5.41) is 11.7. The fraction of sp³-hybridized carbons (Fsp3) is 0.526. The SMILES string of the molecule is CC(C)[C@H](C#Cc1ccccc1OCCO)NC(=O)OC(C)(C)C. The van der Waals surface area contributed by atoms with E-state index in [1.807, 2.05) is 52.8 Å². The van der Waals surface area contributed by atoms with E-state index in [1.165, 1.54) is 0 Å². The standard InChI is InChI=1S/C19H27NO4/c1-14(2)16(20-18(22)24-19(3,4)5)11-10-15-8-6-7-9-17(15)23-13-12-21/h6-9,14,16,21H,12-13H2,1-5H3,(H,20,22)/t16-/m0/s1. The fourth-order valence-corrected chi connectivity index (χ4v) is 1.81. The minimum absolute atomic E-state index is 0.0589. The molecule has 0 saturated heterocycles. The number of benzene rings is 1. The van der Waals surface area contributed by atoms with Crippen LogP contribution in [0.3, 0.4) is 0 Å². The Hall–Kier alpha value is -2.19. The van der Waals surface area contributed by atoms with Crippen molar-refractivity contribution in [1.29, 1.82) is 0 Å². The maximum absolute atomic E-state index is 11.9. The molecule has 1 aromatic carbocycles. The van der Waals surface area contributed by atoms with E-state index in [2.05, 4.69) is 17.2 Å². The maximum atomic E-state index is 11.9. The molecule has 0 fully saturated rings. The second-order valence-electron chi connectivity index (χ2n) is 6.71. The molecule has 0 unspecified atom stereocenters. The number of carbonyl (C=O) groups excluding carboxylic acids is 1. The second kappa shape index (κ2) is 9.19. The topological polar surface area (TPSA) is 67.8 Å². The molecule has 24 heavy (non-hydrogen) atoms. The van der Waals surface area contributed by atoms with Crippen molar-refractivity contribution in [3.63, 3.8) is 0 Å². The number of rotatable bonds is 5. The van der Waals surface area contributed by atoms with Gasteiger partial charge in [-0.2, -0.15) is 0 Å². The van der Waals surface area contributed by atoms with Crippen LogP contribution in [0.1, 0.15) is 40.2 Å². The lowest BCUT2D eigenvalue weighted by molar-refractivity contribution is 0.0506. The minimum Gasteiger partial charge on any atom is -0.490 e. The quantitative estimate of drug-likeness (QED) is 0.813. The normalized spacial score (nSPS) is 12.1. The predicted octanol–water partition coefficient (Wildman–Crippen LogP) is 2.96. The first-order valence-electron chi connectivity index (χ1n) is 8.06. The summed E-state index contributed by atoms with van der Waals surface area (Å²) >= 11 is 0. The minimum atomic E-state index is -0.552. The van der Waals surface area contributed by atoms with Gasteiger partial charge < -0.3 is 19.9 Å². The van der Waals surface area contributed by atoms with Crippen molar-refractivity contribution in [1.82, 2.24) is 5.32 Å². The van der Waals surface area contributed by atoms with Crippen molar-refractivity contribution in [3.05, 3.63) is 29.8 Å². The van der Waals surface area contributed by atoms with Crippen LogP contribution < -0.4 is 10.1 Å². The molecular weight excluding hydrogens is 306 g/mol. The summed E-state index contributed by atoms with van der Waals surface area (Å²) in [6.45, 7) is 9.56. The molecule has 5 nitrogen and oxygen atoms in total. The van der Waals surface area contributed by atoms with Gasteiger partial charge in [0.05, 0.1) is 18.2 Å². The Kier molecular flexibility index (Phi) is 7.60. The Bertz CT molecular complexity index is 593. The van der Waals surface area contributed by atoms with E-state index in [9.17, 15) is 4.79 Å². The van der Waals surface area contributed by atoms with Crippen LogP contribution in [0.5, 0.6) is 5.75 Å². The van der Waals surface area contributed by atoms with Crippen LogP contribution in [0, 0.1) is 17.8 Å². The molecule has 0 aliphatic carbocycles. The third-order valence-corrected chi connectivity index (χ3v) is 2.94. The number of aliphatic hydroxyl groups is 1. The van der Waals surface area contributed by atoms with E-state index in [0.717, 1.165) is 0 Å². The summed E-state index contributed by atoms with van der Waals surface area (Å²) in [6.07, 6.45) is -0.486. The van der Waals surface area contributed by atoms with Gasteiger partial charge in [0.2, 0.25) is 0 Å². The number of para-hydroxylation sites is 1. The predicted molar refractivity (Wildman–Crippen MR) is 93.9 cm³/mol. The Morgan fingerprint density at radius 3 is 2.54 bits per heavy atom. The molecule has 0 aliphatic rings. The molecule has 1 atom stereocenters. The molecular formula is C19H27NO4. The zero-order valence-electron chi connectivity index (χ0n) is 15.1. The van der Waals surface area contributed by atoms with Crippen LogP contribution in [-0.2, 0) is 4.74 Å². The van der Waals surface area contributed by atoms with E-state index in [-0.39, 0.29) is 25.2 Å². The van der Waals surface area contributed by atoms with Crippen LogP contribution in [0.25, 0.3) is 0 Å². The highest BCUT2D eigenvalue weighted by molar-refractivity contribution is 5.68. The van der Waals surface area contributed by atoms with Gasteiger partial charge >= 0.3 is 6.09 Å². The van der Waals surface area contributed by atoms with Gasteiger partial charge in [-0.1, -0.05) is 37.8 Å². The van der Waals surface area contributed by atoms with E-state index >= 15 is 0 Å². The largest absolute Gasteiger partial charge is 0.490 e. The lowest BCUT2D eigenvalue weighted by Gasteiger charge is -2.23. The third kappa shape index (κ3) is 7.38. The molecule has 0 bridgehead atoms. The van der Waals surface area contributed by atoms with E-state index < -0.39 is 11.7 Å². The highest BCUT2D eigenvalue weighted by atomic mass is 16.6. The van der Waals surface area contributed by atoms with Gasteiger partial charge in [-0.25, -0.2) is 4.79 Å². The van der Waals surface area contributed by atoms with Crippen LogP contribution in [-0.4, -0.2) is 36.1 Å². The molecule has 2 N–H and O–H groups in total. The van der Waals surface area contributed by atoms with Crippen LogP contribution in [0.2, 0.25) is 0 Å². The Labute approximate surface area is 144 Å². The number of hydrogen-bond acceptors (Lipinski definition) is 4. The van der Waals surface area contributed by atoms with Gasteiger partial charge in [-0.05, 0) is 38.8 Å². The number of alkyl carbamates (subject to hydrolysis) is 1. The summed E-state index contributed by atoms with van der Waals surface area (Å²) in [4.78, 5) is 11.9. The number of nitrogens with one attached hydrogen (secondary N) is 1. The van der Waals surface area contributed by atoms with Gasteiger partial charge in [0.15, 0.2) is 0 Å². The molecule has 1 amide bonds. The lowest BCUT2D eigenvalue weighted by Crippen LogP contribution is -2.41. The van der Waals surface area contributed by atoms with Gasteiger partial charge in [0.1, 0.15) is 18.0 Å². The highest BCUT2D eigenvalue weighted by Gasteiger charge is 2.20. The molecule has 0 heterocycles. The Morgan fingerprint density at radius 1 is 1.29 bits per heavy atom. The Balaban J connectivity index is 2.87. The summed E-state index contributed by atoms with van der Waals surface area (Å²) in [7, 11) is 0. The lowest BCUT2D eigenvalue weighted by atomic mass is 10.0. The van der Waals surface area contributed by atoms with E-state index in [1.54, 1.807) is 6.07 Å². The third-order valence-electron chi connectivity index (χ3n) is 2.94. The van der Waals surface area contributed by atoms with Gasteiger partial charge in [0, 0.05) is 0 Å². The molecule has 0 spiro atoms. The van der Waals surface area contributed by atoms with Crippen LogP contribution in [0.15, 0.2) is 24.3 Å². The number of carbonyl (C=O) groups is 1. The monoisotopic (exact) mass is 333 g/mol. The molecule has 5 heteroatoms. The van der Waals surface area contributed by atoms with Gasteiger partial charge in [-0.15, -0.1) is 0 Å². The first-order valence-corrected chi connectivity index (χ1v) is 8.06. The molecule has 0 radical (unpaired) electrons. The zero-order valence-corrected chi connectivity index (χ0v) is 15.1. The molecule has 0 aromatic heterocycles. The molecule has 1 aromatic rings. The van der Waals surface area contributed by atoms with Crippen molar-refractivity contribution in [2.75, 3.05) is 13.2 Å². The van der Waals surface area contributed by atoms with Crippen molar-refractivity contribution in [3.8, 4) is 17.6 Å². The maximum Gasteiger partial charge on any atom is 0.408 e. The van der Waals surface area contributed by atoms with E-state index in [4.69, 9.17) is 14.6 Å². The summed E-state index contributed by atoms with van der Waals surface area (Å²) in [6, 6.07) is 7.00. The second-order valence-corrected chi connectivity index (χ2v) is 6.71. The fourth-order valence-electron chi connectivity index (χ4n) is 1.81. The molecule has 1 rings (SSSR count). The number of hydrogen-bond donors (Lipinski definition) is 2. The molecule has 0 saturated carbocycles. The number of ether oxygens (including phenoxy) is 2. The van der Waals surface area contributed by atoms with Crippen molar-refractivity contribution < 1.29 is 19.4 Å². The van der Waals surface area contributed by atoms with E-state index in [0.29, 0.717) is 11.3 Å². The number of aliphatic hydroxyl groups excluding tert-OH is 1. The average Bonchev–Trinajstić information content (AvgIpc) is 2.48. The highest BCUT2D eigenvalue weighted by Crippen LogP contribution is 2.17.